The lowest BCUT2D eigenvalue weighted by Gasteiger charge is -2.31. The van der Waals surface area contributed by atoms with E-state index in [1.807, 2.05) is 6.92 Å². The lowest BCUT2D eigenvalue weighted by atomic mass is 9.84. The summed E-state index contributed by atoms with van der Waals surface area (Å²) in [4.78, 5) is 14.5. The van der Waals surface area contributed by atoms with E-state index < -0.39 is 5.41 Å². The molecular weight excluding hydrogens is 230 g/mol. The molecule has 2 aliphatic rings. The van der Waals surface area contributed by atoms with Gasteiger partial charge in [0.25, 0.3) is 0 Å². The van der Waals surface area contributed by atoms with Crippen molar-refractivity contribution in [2.45, 2.75) is 25.8 Å². The third kappa shape index (κ3) is 2.84. The Bertz CT molecular complexity index is 303. The Hall–Kier alpha value is -0.650. The molecule has 2 aliphatic heterocycles. The maximum Gasteiger partial charge on any atom is 0.229 e. The van der Waals surface area contributed by atoms with Crippen LogP contribution in [0.15, 0.2) is 0 Å². The molecule has 0 aromatic rings. The molecule has 18 heavy (non-hydrogen) atoms. The van der Waals surface area contributed by atoms with Gasteiger partial charge in [0.15, 0.2) is 0 Å². The van der Waals surface area contributed by atoms with Gasteiger partial charge in [-0.3, -0.25) is 4.79 Å². The number of nitrogens with zero attached hydrogens (tertiary/aromatic N) is 1. The second kappa shape index (κ2) is 5.55. The first-order valence-corrected chi connectivity index (χ1v) is 6.82. The van der Waals surface area contributed by atoms with Crippen molar-refractivity contribution in [3.8, 4) is 0 Å². The van der Waals surface area contributed by atoms with Crippen LogP contribution in [-0.2, 0) is 9.53 Å². The fraction of sp³-hybridized carbons (Fsp3) is 0.923. The number of hydrogen-bond donors (Lipinski definition) is 2. The number of nitrogens with two attached hydrogens (primary N) is 1. The van der Waals surface area contributed by atoms with Crippen LogP contribution in [-0.4, -0.2) is 56.7 Å². The van der Waals surface area contributed by atoms with Crippen LogP contribution in [0.3, 0.4) is 0 Å². The van der Waals surface area contributed by atoms with Gasteiger partial charge in [0.1, 0.15) is 0 Å². The van der Waals surface area contributed by atoms with Crippen molar-refractivity contribution in [3.63, 3.8) is 0 Å². The van der Waals surface area contributed by atoms with Crippen molar-refractivity contribution >= 4 is 5.91 Å². The van der Waals surface area contributed by atoms with Crippen molar-refractivity contribution in [1.82, 2.24) is 10.2 Å². The van der Waals surface area contributed by atoms with Crippen molar-refractivity contribution in [2.75, 3.05) is 39.9 Å². The van der Waals surface area contributed by atoms with Crippen LogP contribution in [0.2, 0.25) is 0 Å². The minimum absolute atomic E-state index is 0.0476. The Morgan fingerprint density at radius 1 is 1.50 bits per heavy atom. The largest absolute Gasteiger partial charge is 0.379 e. The first-order chi connectivity index (χ1) is 8.52. The first kappa shape index (κ1) is 13.8. The molecule has 5 heteroatoms. The Balaban J connectivity index is 1.78. The van der Waals surface area contributed by atoms with E-state index in [9.17, 15) is 4.79 Å². The minimum Gasteiger partial charge on any atom is -0.379 e. The van der Waals surface area contributed by atoms with Crippen molar-refractivity contribution < 1.29 is 9.53 Å². The third-order valence-electron chi connectivity index (χ3n) is 4.43. The summed E-state index contributed by atoms with van der Waals surface area (Å²) in [5.41, 5.74) is 5.40. The van der Waals surface area contributed by atoms with Gasteiger partial charge >= 0.3 is 0 Å². The van der Waals surface area contributed by atoms with E-state index in [0.29, 0.717) is 19.1 Å². The number of nitrogens with one attached hydrogen (secondary N) is 1. The van der Waals surface area contributed by atoms with Gasteiger partial charge in [-0.1, -0.05) is 0 Å². The highest BCUT2D eigenvalue weighted by atomic mass is 16.5. The quantitative estimate of drug-likeness (QED) is 0.733. The van der Waals surface area contributed by atoms with E-state index in [2.05, 4.69) is 17.3 Å². The van der Waals surface area contributed by atoms with Gasteiger partial charge in [0.05, 0.1) is 18.6 Å². The maximum atomic E-state index is 12.2. The lowest BCUT2D eigenvalue weighted by molar-refractivity contribution is -0.130. The minimum atomic E-state index is -0.550. The topological polar surface area (TPSA) is 67.6 Å². The molecule has 2 heterocycles. The normalized spacial score (nSPS) is 34.7. The average molecular weight is 255 g/mol. The fourth-order valence-electron chi connectivity index (χ4n) is 2.63. The summed E-state index contributed by atoms with van der Waals surface area (Å²) in [6.07, 6.45) is 2.33. The van der Waals surface area contributed by atoms with E-state index in [0.717, 1.165) is 32.5 Å². The summed E-state index contributed by atoms with van der Waals surface area (Å²) in [5, 5.41) is 3.06. The van der Waals surface area contributed by atoms with Gasteiger partial charge in [0.2, 0.25) is 5.91 Å². The molecule has 0 spiro atoms. The third-order valence-corrected chi connectivity index (χ3v) is 4.43. The predicted octanol–water partition coefficient (Wildman–Crippen LogP) is -0.192. The molecule has 0 bridgehead atoms. The second-order valence-electron chi connectivity index (χ2n) is 6.00. The summed E-state index contributed by atoms with van der Waals surface area (Å²) < 4.78 is 5.31. The Morgan fingerprint density at radius 3 is 2.72 bits per heavy atom. The number of carbonyl (C=O) groups excluding carboxylic acids is 1. The lowest BCUT2D eigenvalue weighted by Crippen LogP contribution is -2.51. The molecule has 1 amide bonds. The van der Waals surface area contributed by atoms with Crippen LogP contribution >= 0.6 is 0 Å². The zero-order chi connectivity index (χ0) is 13.2. The Labute approximate surface area is 109 Å². The van der Waals surface area contributed by atoms with Crippen LogP contribution in [0.5, 0.6) is 0 Å². The predicted molar refractivity (Wildman–Crippen MR) is 70.1 cm³/mol. The maximum absolute atomic E-state index is 12.2. The molecule has 5 nitrogen and oxygen atoms in total. The van der Waals surface area contributed by atoms with Crippen LogP contribution in [0.1, 0.15) is 19.8 Å². The summed E-state index contributed by atoms with van der Waals surface area (Å²) in [6.45, 7) is 5.84. The van der Waals surface area contributed by atoms with Gasteiger partial charge in [-0.2, -0.15) is 0 Å². The van der Waals surface area contributed by atoms with Gasteiger partial charge in [0, 0.05) is 12.6 Å². The summed E-state index contributed by atoms with van der Waals surface area (Å²) >= 11 is 0. The Kier molecular flexibility index (Phi) is 4.25. The van der Waals surface area contributed by atoms with E-state index >= 15 is 0 Å². The van der Waals surface area contributed by atoms with Gasteiger partial charge in [-0.15, -0.1) is 0 Å². The number of rotatable bonds is 3. The molecule has 2 saturated heterocycles. The number of amides is 1. The summed E-state index contributed by atoms with van der Waals surface area (Å²) in [6, 6.07) is -0.185. The van der Waals surface area contributed by atoms with E-state index in [1.54, 1.807) is 0 Å². The monoisotopic (exact) mass is 255 g/mol. The molecule has 2 unspecified atom stereocenters. The molecule has 0 aromatic carbocycles. The number of ether oxygens (including phenoxy) is 1. The van der Waals surface area contributed by atoms with Crippen molar-refractivity contribution in [3.05, 3.63) is 0 Å². The van der Waals surface area contributed by atoms with Gasteiger partial charge < -0.3 is 20.7 Å². The van der Waals surface area contributed by atoms with Crippen molar-refractivity contribution in [1.29, 1.82) is 0 Å². The molecule has 0 radical (unpaired) electrons. The molecule has 2 atom stereocenters. The van der Waals surface area contributed by atoms with Gasteiger partial charge in [-0.25, -0.2) is 0 Å². The standard InChI is InChI=1S/C13H25N3O2/c1-13(9-18-8-11(13)14)12(17)15-7-10-3-5-16(2)6-4-10/h10-11H,3-9,14H2,1-2H3,(H,15,17). The zero-order valence-corrected chi connectivity index (χ0v) is 11.4. The molecule has 0 aliphatic carbocycles. The molecular formula is C13H25N3O2. The molecule has 3 N–H and O–H groups in total. The zero-order valence-electron chi connectivity index (χ0n) is 11.4. The first-order valence-electron chi connectivity index (χ1n) is 6.82. The second-order valence-corrected chi connectivity index (χ2v) is 6.00. The van der Waals surface area contributed by atoms with Crippen LogP contribution in [0, 0.1) is 11.3 Å². The molecule has 2 rings (SSSR count). The van der Waals surface area contributed by atoms with Crippen LogP contribution < -0.4 is 11.1 Å². The number of piperidine rings is 1. The molecule has 0 saturated carbocycles. The molecule has 104 valence electrons. The van der Waals surface area contributed by atoms with Gasteiger partial charge in [-0.05, 0) is 45.8 Å². The SMILES string of the molecule is CN1CCC(CNC(=O)C2(C)COCC2N)CC1. The number of carbonyl (C=O) groups is 1. The average Bonchev–Trinajstić information content (AvgIpc) is 2.70. The molecule has 0 aromatic heterocycles. The smallest absolute Gasteiger partial charge is 0.229 e. The molecule has 2 fully saturated rings. The highest BCUT2D eigenvalue weighted by Gasteiger charge is 2.44. The van der Waals surface area contributed by atoms with E-state index in [4.69, 9.17) is 10.5 Å². The van der Waals surface area contributed by atoms with E-state index in [-0.39, 0.29) is 11.9 Å². The number of hydrogen-bond acceptors (Lipinski definition) is 4. The van der Waals surface area contributed by atoms with Crippen LogP contribution in [0.25, 0.3) is 0 Å². The van der Waals surface area contributed by atoms with Crippen LogP contribution in [0.4, 0.5) is 0 Å². The van der Waals surface area contributed by atoms with Crippen molar-refractivity contribution in [2.24, 2.45) is 17.1 Å². The summed E-state index contributed by atoms with van der Waals surface area (Å²) in [7, 11) is 2.14. The highest BCUT2D eigenvalue weighted by molar-refractivity contribution is 5.83. The van der Waals surface area contributed by atoms with E-state index in [1.165, 1.54) is 0 Å². The Morgan fingerprint density at radius 2 is 2.17 bits per heavy atom. The fourth-order valence-corrected chi connectivity index (χ4v) is 2.63. The number of likely N-dealkylation sites (tertiary alicyclic amines) is 1. The highest BCUT2D eigenvalue weighted by Crippen LogP contribution is 2.27. The summed E-state index contributed by atoms with van der Waals surface area (Å²) in [5.74, 6) is 0.652.